The van der Waals surface area contributed by atoms with Crippen LogP contribution in [0.25, 0.3) is 0 Å². The molecule has 0 radical (unpaired) electrons. The van der Waals surface area contributed by atoms with Gasteiger partial charge >= 0.3 is 5.97 Å². The minimum atomic E-state index is -4.70. The van der Waals surface area contributed by atoms with Gasteiger partial charge in [0.2, 0.25) is 5.91 Å². The number of hydrogen-bond acceptors (Lipinski definition) is 7. The van der Waals surface area contributed by atoms with Crippen LogP contribution < -0.4 is 10.2 Å². The van der Waals surface area contributed by atoms with Gasteiger partial charge < -0.3 is 28.5 Å². The first-order valence-electron chi connectivity index (χ1n) is 35.6. The highest BCUT2D eigenvalue weighted by Crippen LogP contribution is 2.38. The molecule has 0 spiro atoms. The predicted octanol–water partition coefficient (Wildman–Crippen LogP) is 21.9. The first-order valence-corrected chi connectivity index (χ1v) is 37.1. The molecule has 3 unspecified atom stereocenters. The Hall–Kier alpha value is -2.29. The van der Waals surface area contributed by atoms with Crippen LogP contribution in [0.15, 0.2) is 60.8 Å². The van der Waals surface area contributed by atoms with Crippen molar-refractivity contribution in [1.82, 2.24) is 5.32 Å². The van der Waals surface area contributed by atoms with Gasteiger partial charge in [-0.25, -0.2) is 0 Å². The number of carbonyl (C=O) groups is 2. The molecule has 486 valence electrons. The lowest BCUT2D eigenvalue weighted by Gasteiger charge is -2.30. The van der Waals surface area contributed by atoms with Gasteiger partial charge in [0.05, 0.1) is 33.8 Å². The van der Waals surface area contributed by atoms with Gasteiger partial charge in [0.15, 0.2) is 0 Å². The van der Waals surface area contributed by atoms with Gasteiger partial charge in [0.25, 0.3) is 7.82 Å². The summed E-state index contributed by atoms with van der Waals surface area (Å²) in [5.74, 6) is -0.531. The minimum absolute atomic E-state index is 0.0218. The molecular formula is C73H137N2O7P. The molecule has 0 saturated carbocycles. The van der Waals surface area contributed by atoms with Gasteiger partial charge in [0, 0.05) is 12.8 Å². The van der Waals surface area contributed by atoms with E-state index >= 15 is 0 Å². The molecule has 83 heavy (non-hydrogen) atoms. The standard InChI is InChI=1S/C73H137N2O7P/c1-7-10-13-16-19-22-25-27-29-31-33-34-35-36-37-38-39-40-42-44-46-48-51-54-57-60-63-66-73(77)82-71(64-61-58-55-52-49-24-21-18-15-12-9-3)70(69-81-83(78,79)80-68-67-75(4,5)6)74-72(76)65-62-59-56-53-50-47-45-43-41-32-30-28-26-23-20-17-14-11-8-2/h19,22,27,29,33-34,36-37,61,64,70-71H,7-18,20-21,23-26,28,30-32,35,38-60,62-63,65-69H2,1-6H3,(H-,74,76,78,79)/b22-19-,29-27-,34-33-,37-36-,64-61+. The number of unbranched alkanes of at least 4 members (excludes halogenated alkanes) is 41. The van der Waals surface area contributed by atoms with Crippen LogP contribution in [0.5, 0.6) is 0 Å². The van der Waals surface area contributed by atoms with E-state index in [9.17, 15) is 19.0 Å². The van der Waals surface area contributed by atoms with Crippen LogP contribution in [0.2, 0.25) is 0 Å². The van der Waals surface area contributed by atoms with Crippen molar-refractivity contribution in [2.45, 2.75) is 354 Å². The van der Waals surface area contributed by atoms with Gasteiger partial charge in [0.1, 0.15) is 19.3 Å². The molecular weight excluding hydrogens is 1050 g/mol. The number of rotatable bonds is 65. The van der Waals surface area contributed by atoms with Crippen molar-refractivity contribution in [3.05, 3.63) is 60.8 Å². The zero-order chi connectivity index (χ0) is 60.7. The number of nitrogens with zero attached hydrogens (tertiary/aromatic N) is 1. The fourth-order valence-electron chi connectivity index (χ4n) is 10.4. The normalized spacial score (nSPS) is 13.9. The monoisotopic (exact) mass is 1190 g/mol. The lowest BCUT2D eigenvalue weighted by atomic mass is 10.0. The minimum Gasteiger partial charge on any atom is -0.756 e. The predicted molar refractivity (Wildman–Crippen MR) is 358 cm³/mol. The Morgan fingerprint density at radius 3 is 1.12 bits per heavy atom. The number of esters is 1. The number of phosphoric ester groups is 1. The summed E-state index contributed by atoms with van der Waals surface area (Å²) in [6.07, 6.45) is 80.6. The first-order chi connectivity index (χ1) is 40.4. The number of amides is 1. The van der Waals surface area contributed by atoms with E-state index in [1.807, 2.05) is 33.3 Å². The molecule has 0 aliphatic rings. The maximum atomic E-state index is 13.6. The molecule has 0 aromatic carbocycles. The highest BCUT2D eigenvalue weighted by atomic mass is 31.2. The Labute approximate surface area is 515 Å². The molecule has 0 bridgehead atoms. The zero-order valence-corrected chi connectivity index (χ0v) is 56.6. The van der Waals surface area contributed by atoms with Crippen molar-refractivity contribution < 1.29 is 37.3 Å². The molecule has 3 atom stereocenters. The summed E-state index contributed by atoms with van der Waals surface area (Å²) in [6, 6.07) is -0.888. The number of ether oxygens (including phenoxy) is 1. The zero-order valence-electron chi connectivity index (χ0n) is 55.7. The summed E-state index contributed by atoms with van der Waals surface area (Å²) in [6.45, 7) is 6.85. The van der Waals surface area contributed by atoms with Crippen molar-refractivity contribution in [1.29, 1.82) is 0 Å². The van der Waals surface area contributed by atoms with Crippen LogP contribution in [0, 0.1) is 0 Å². The largest absolute Gasteiger partial charge is 0.756 e. The molecule has 0 aromatic heterocycles. The molecule has 0 heterocycles. The molecule has 10 heteroatoms. The SMILES string of the molecule is CCCCC/C=C\C/C=C\C/C=C\C/C=C\CCCCCCCCCCCCCC(=O)OC(/C=C/CCCCCCCCCCC)C(COP(=O)([O-])OCC[N+](C)(C)C)NC(=O)CCCCCCCCCCCCCCCCCCCCC. The lowest BCUT2D eigenvalue weighted by molar-refractivity contribution is -0.870. The van der Waals surface area contributed by atoms with Gasteiger partial charge in [-0.15, -0.1) is 0 Å². The topological polar surface area (TPSA) is 114 Å². The molecule has 0 fully saturated rings. The van der Waals surface area contributed by atoms with Gasteiger partial charge in [-0.1, -0.05) is 313 Å². The van der Waals surface area contributed by atoms with E-state index in [0.29, 0.717) is 17.4 Å². The highest BCUT2D eigenvalue weighted by molar-refractivity contribution is 7.45. The van der Waals surface area contributed by atoms with Crippen molar-refractivity contribution >= 4 is 19.7 Å². The van der Waals surface area contributed by atoms with Crippen LogP contribution in [-0.2, 0) is 27.9 Å². The fraction of sp³-hybridized carbons (Fsp3) is 0.836. The van der Waals surface area contributed by atoms with Gasteiger partial charge in [-0.3, -0.25) is 14.2 Å². The Morgan fingerprint density at radius 1 is 0.422 bits per heavy atom. The van der Waals surface area contributed by atoms with Crippen molar-refractivity contribution in [3.63, 3.8) is 0 Å². The van der Waals surface area contributed by atoms with E-state index in [2.05, 4.69) is 74.7 Å². The third kappa shape index (κ3) is 64.0. The van der Waals surface area contributed by atoms with Crippen molar-refractivity contribution in [3.8, 4) is 0 Å². The molecule has 0 aliphatic heterocycles. The van der Waals surface area contributed by atoms with Gasteiger partial charge in [-0.2, -0.15) is 0 Å². The molecule has 1 N–H and O–H groups in total. The van der Waals surface area contributed by atoms with E-state index < -0.39 is 20.0 Å². The number of quaternary nitrogens is 1. The second kappa shape index (κ2) is 62.8. The second-order valence-corrected chi connectivity index (χ2v) is 26.8. The summed E-state index contributed by atoms with van der Waals surface area (Å²) in [5, 5.41) is 3.04. The lowest BCUT2D eigenvalue weighted by Crippen LogP contribution is -2.47. The van der Waals surface area contributed by atoms with E-state index in [1.54, 1.807) is 0 Å². The molecule has 0 aliphatic carbocycles. The fourth-order valence-corrected chi connectivity index (χ4v) is 11.2. The molecule has 1 amide bonds. The van der Waals surface area contributed by atoms with Gasteiger partial charge in [-0.05, 0) is 76.7 Å². The highest BCUT2D eigenvalue weighted by Gasteiger charge is 2.27. The quantitative estimate of drug-likeness (QED) is 0.0212. The van der Waals surface area contributed by atoms with Crippen molar-refractivity contribution in [2.24, 2.45) is 0 Å². The van der Waals surface area contributed by atoms with E-state index in [1.165, 1.54) is 231 Å². The maximum absolute atomic E-state index is 13.6. The summed E-state index contributed by atoms with van der Waals surface area (Å²) in [4.78, 5) is 40.1. The smallest absolute Gasteiger partial charge is 0.306 e. The summed E-state index contributed by atoms with van der Waals surface area (Å²) >= 11 is 0. The average molecular weight is 1190 g/mol. The van der Waals surface area contributed by atoms with E-state index in [-0.39, 0.29) is 31.5 Å². The molecule has 0 aromatic rings. The Kier molecular flexibility index (Phi) is 61.0. The van der Waals surface area contributed by atoms with Crippen LogP contribution in [-0.4, -0.2) is 69.4 Å². The number of phosphoric acid groups is 1. The molecule has 9 nitrogen and oxygen atoms in total. The van der Waals surface area contributed by atoms with E-state index in [4.69, 9.17) is 13.8 Å². The molecule has 0 saturated heterocycles. The third-order valence-corrected chi connectivity index (χ3v) is 16.9. The number of allylic oxidation sites excluding steroid dienone is 9. The summed E-state index contributed by atoms with van der Waals surface area (Å²) in [5.41, 5.74) is 0. The first kappa shape index (κ1) is 80.7. The van der Waals surface area contributed by atoms with E-state index in [0.717, 1.165) is 77.0 Å². The number of carbonyl (C=O) groups excluding carboxylic acids is 2. The van der Waals surface area contributed by atoms with Crippen LogP contribution in [0.3, 0.4) is 0 Å². The average Bonchev–Trinajstić information content (AvgIpc) is 3.51. The second-order valence-electron chi connectivity index (χ2n) is 25.4. The Morgan fingerprint density at radius 2 is 0.735 bits per heavy atom. The number of likely N-dealkylation sites (N-methyl/N-ethyl adjacent to an activating group) is 1. The van der Waals surface area contributed by atoms with Crippen LogP contribution >= 0.6 is 7.82 Å². The summed E-state index contributed by atoms with van der Waals surface area (Å²) < 4.78 is 30.4. The number of nitrogens with one attached hydrogen (secondary N) is 1. The van der Waals surface area contributed by atoms with Crippen LogP contribution in [0.1, 0.15) is 342 Å². The van der Waals surface area contributed by atoms with Crippen LogP contribution in [0.4, 0.5) is 0 Å². The maximum Gasteiger partial charge on any atom is 0.306 e. The Balaban J connectivity index is 5.00. The van der Waals surface area contributed by atoms with Crippen molar-refractivity contribution in [2.75, 3.05) is 40.9 Å². The molecule has 0 rings (SSSR count). The Bertz CT molecular complexity index is 1600. The summed E-state index contributed by atoms with van der Waals surface area (Å²) in [7, 11) is 1.19. The third-order valence-electron chi connectivity index (χ3n) is 16.0. The number of hydrogen-bond donors (Lipinski definition) is 1.